The molecule has 6 nitrogen and oxygen atoms in total. The van der Waals surface area contributed by atoms with E-state index in [1.54, 1.807) is 48.5 Å². The highest BCUT2D eigenvalue weighted by atomic mass is 35.5. The molecule has 1 fully saturated rings. The summed E-state index contributed by atoms with van der Waals surface area (Å²) in [7, 11) is -3.83. The van der Waals surface area contributed by atoms with Gasteiger partial charge in [0.15, 0.2) is 9.84 Å². The first-order chi connectivity index (χ1) is 18.1. The van der Waals surface area contributed by atoms with Gasteiger partial charge in [-0.2, -0.15) is 0 Å². The van der Waals surface area contributed by atoms with E-state index >= 15 is 0 Å². The molecule has 1 heterocycles. The van der Waals surface area contributed by atoms with Crippen molar-refractivity contribution in [3.8, 4) is 0 Å². The van der Waals surface area contributed by atoms with E-state index in [-0.39, 0.29) is 32.3 Å². The first kappa shape index (κ1) is 27.0. The molecule has 1 aliphatic heterocycles. The number of benzene rings is 3. The molecule has 3 aromatic carbocycles. The van der Waals surface area contributed by atoms with Crippen molar-refractivity contribution in [2.75, 3.05) is 18.4 Å². The summed E-state index contributed by atoms with van der Waals surface area (Å²) in [6.45, 7) is 1.22. The van der Waals surface area contributed by atoms with Gasteiger partial charge in [-0.15, -0.1) is 0 Å². The third-order valence-corrected chi connectivity index (χ3v) is 10.1. The van der Waals surface area contributed by atoms with Crippen molar-refractivity contribution >= 4 is 62.1 Å². The van der Waals surface area contributed by atoms with E-state index in [4.69, 9.17) is 34.8 Å². The average Bonchev–Trinajstić information content (AvgIpc) is 3.27. The van der Waals surface area contributed by atoms with Crippen LogP contribution in [0.3, 0.4) is 0 Å². The summed E-state index contributed by atoms with van der Waals surface area (Å²) in [4.78, 5) is 27.2. The minimum Gasteiger partial charge on any atom is -0.342 e. The topological polar surface area (TPSA) is 83.6 Å². The minimum atomic E-state index is -3.83. The van der Waals surface area contributed by atoms with Gasteiger partial charge in [0, 0.05) is 30.2 Å². The van der Waals surface area contributed by atoms with Crippen molar-refractivity contribution in [3.63, 3.8) is 0 Å². The van der Waals surface area contributed by atoms with Crippen LogP contribution >= 0.6 is 34.8 Å². The first-order valence-corrected chi connectivity index (χ1v) is 15.0. The Bertz CT molecular complexity index is 1510. The van der Waals surface area contributed by atoms with Crippen LogP contribution in [-0.2, 0) is 21.1 Å². The lowest BCUT2D eigenvalue weighted by Gasteiger charge is -2.34. The minimum absolute atomic E-state index is 0.0223. The van der Waals surface area contributed by atoms with Gasteiger partial charge in [0.2, 0.25) is 5.91 Å². The molecule has 1 unspecified atom stereocenters. The molecule has 0 spiro atoms. The summed E-state index contributed by atoms with van der Waals surface area (Å²) < 4.78 is 27.9. The van der Waals surface area contributed by atoms with Gasteiger partial charge in [-0.1, -0.05) is 53.0 Å². The molecule has 198 valence electrons. The summed E-state index contributed by atoms with van der Waals surface area (Å²) in [6.07, 6.45) is 2.33. The van der Waals surface area contributed by atoms with E-state index in [2.05, 4.69) is 5.32 Å². The molecular formula is C28H25Cl3N2O4S. The van der Waals surface area contributed by atoms with Crippen LogP contribution in [0.4, 0.5) is 5.69 Å². The molecule has 10 heteroatoms. The molecule has 5 rings (SSSR count). The molecule has 0 radical (unpaired) electrons. The Morgan fingerprint density at radius 3 is 2.42 bits per heavy atom. The van der Waals surface area contributed by atoms with Crippen LogP contribution in [0.25, 0.3) is 0 Å². The molecule has 0 aromatic heterocycles. The lowest BCUT2D eigenvalue weighted by atomic mass is 9.83. The Hall–Kier alpha value is -2.58. The summed E-state index contributed by atoms with van der Waals surface area (Å²) in [5.41, 5.74) is 2.07. The number of carbonyl (C=O) groups is 2. The number of nitrogens with zero attached hydrogens (tertiary/aromatic N) is 1. The van der Waals surface area contributed by atoms with Gasteiger partial charge < -0.3 is 10.2 Å². The number of rotatable bonds is 6. The number of fused-ring (bicyclic) bond motifs is 1. The van der Waals surface area contributed by atoms with Gasteiger partial charge in [-0.3, -0.25) is 9.59 Å². The predicted molar refractivity (Wildman–Crippen MR) is 150 cm³/mol. The van der Waals surface area contributed by atoms with Crippen LogP contribution in [0, 0.1) is 5.92 Å². The number of carbonyl (C=O) groups excluding carboxylic acids is 2. The Balaban J connectivity index is 1.51. The van der Waals surface area contributed by atoms with E-state index in [0.717, 1.165) is 12.0 Å². The van der Waals surface area contributed by atoms with Crippen LogP contribution in [0.2, 0.25) is 15.1 Å². The molecule has 2 amide bonds. The van der Waals surface area contributed by atoms with E-state index < -0.39 is 21.0 Å². The molecule has 0 saturated carbocycles. The molecule has 3 aromatic rings. The SMILES string of the molecule is O=C(Nc1ccc2c(c1)C(S(=O)(=O)c1cccc(Cl)c1)C[C@H](CN1CCCC1=O)C2)c1c(Cl)cccc1Cl. The van der Waals surface area contributed by atoms with Crippen molar-refractivity contribution in [3.05, 3.63) is 92.4 Å². The Morgan fingerprint density at radius 1 is 1.00 bits per heavy atom. The smallest absolute Gasteiger partial charge is 0.258 e. The van der Waals surface area contributed by atoms with E-state index in [9.17, 15) is 18.0 Å². The van der Waals surface area contributed by atoms with Gasteiger partial charge >= 0.3 is 0 Å². The molecule has 1 aliphatic carbocycles. The fraction of sp³-hybridized carbons (Fsp3) is 0.286. The van der Waals surface area contributed by atoms with Crippen molar-refractivity contribution < 1.29 is 18.0 Å². The Labute approximate surface area is 236 Å². The third kappa shape index (κ3) is 5.43. The molecule has 1 N–H and O–H groups in total. The summed E-state index contributed by atoms with van der Waals surface area (Å²) >= 11 is 18.5. The second-order valence-electron chi connectivity index (χ2n) is 9.70. The third-order valence-electron chi connectivity index (χ3n) is 7.15. The first-order valence-electron chi connectivity index (χ1n) is 12.3. The molecule has 38 heavy (non-hydrogen) atoms. The number of hydrogen-bond donors (Lipinski definition) is 1. The molecular weight excluding hydrogens is 567 g/mol. The van der Waals surface area contributed by atoms with Gasteiger partial charge in [0.25, 0.3) is 5.91 Å². The van der Waals surface area contributed by atoms with Crippen molar-refractivity contribution in [2.45, 2.75) is 35.8 Å². The number of anilines is 1. The maximum absolute atomic E-state index is 13.9. The fourth-order valence-electron chi connectivity index (χ4n) is 5.34. The average molecular weight is 592 g/mol. The number of nitrogens with one attached hydrogen (secondary N) is 1. The summed E-state index contributed by atoms with van der Waals surface area (Å²) in [5, 5.41) is 2.71. The zero-order valence-electron chi connectivity index (χ0n) is 20.3. The monoisotopic (exact) mass is 590 g/mol. The normalized spacial score (nSPS) is 19.3. The van der Waals surface area contributed by atoms with Crippen LogP contribution in [-0.4, -0.2) is 38.2 Å². The number of hydrogen-bond acceptors (Lipinski definition) is 4. The maximum Gasteiger partial charge on any atom is 0.258 e. The zero-order chi connectivity index (χ0) is 27.0. The maximum atomic E-state index is 13.9. The van der Waals surface area contributed by atoms with Crippen molar-refractivity contribution in [1.82, 2.24) is 4.90 Å². The number of likely N-dealkylation sites (tertiary alicyclic amines) is 1. The van der Waals surface area contributed by atoms with E-state index in [1.807, 2.05) is 11.0 Å². The highest BCUT2D eigenvalue weighted by Gasteiger charge is 2.38. The number of halogens is 3. The van der Waals surface area contributed by atoms with Crippen molar-refractivity contribution in [1.29, 1.82) is 0 Å². The van der Waals surface area contributed by atoms with Gasteiger partial charge in [-0.05, 0) is 78.8 Å². The van der Waals surface area contributed by atoms with E-state index in [0.29, 0.717) is 48.6 Å². The van der Waals surface area contributed by atoms with Crippen molar-refractivity contribution in [2.24, 2.45) is 5.92 Å². The summed E-state index contributed by atoms with van der Waals surface area (Å²) in [5.74, 6) is -0.400. The largest absolute Gasteiger partial charge is 0.342 e. The molecule has 0 bridgehead atoms. The summed E-state index contributed by atoms with van der Waals surface area (Å²) in [6, 6.07) is 16.3. The van der Waals surface area contributed by atoms with Gasteiger partial charge in [-0.25, -0.2) is 8.42 Å². The number of sulfone groups is 1. The molecule has 2 atom stereocenters. The Kier molecular flexibility index (Phi) is 7.74. The molecule has 1 saturated heterocycles. The second kappa shape index (κ2) is 10.9. The second-order valence-corrected chi connectivity index (χ2v) is 13.1. The lowest BCUT2D eigenvalue weighted by Crippen LogP contribution is -2.35. The van der Waals surface area contributed by atoms with Gasteiger partial charge in [0.1, 0.15) is 0 Å². The molecule has 2 aliphatic rings. The van der Waals surface area contributed by atoms with Crippen LogP contribution in [0.15, 0.2) is 65.6 Å². The highest BCUT2D eigenvalue weighted by molar-refractivity contribution is 7.91. The van der Waals surface area contributed by atoms with Crippen LogP contribution in [0.1, 0.15) is 46.0 Å². The standard InChI is InChI=1S/C28H25Cl3N2O4S/c29-19-4-1-5-21(14-19)38(36,37)25-13-17(16-33-11-3-8-26(33)34)12-18-9-10-20(15-22(18)25)32-28(35)27-23(30)6-2-7-24(27)31/h1-2,4-7,9-10,14-15,17,25H,3,8,11-13,16H2,(H,32,35)/t17-,25?/m1/s1. The van der Waals surface area contributed by atoms with E-state index in [1.165, 1.54) is 6.07 Å². The van der Waals surface area contributed by atoms with Crippen LogP contribution < -0.4 is 5.32 Å². The quantitative estimate of drug-likeness (QED) is 0.350. The number of amides is 2. The predicted octanol–water partition coefficient (Wildman–Crippen LogP) is 6.60. The Morgan fingerprint density at radius 2 is 1.74 bits per heavy atom. The zero-order valence-corrected chi connectivity index (χ0v) is 23.4. The van der Waals surface area contributed by atoms with Crippen LogP contribution in [0.5, 0.6) is 0 Å². The fourth-order valence-corrected chi connectivity index (χ4v) is 8.13. The lowest BCUT2D eigenvalue weighted by molar-refractivity contribution is -0.128. The highest BCUT2D eigenvalue weighted by Crippen LogP contribution is 2.43. The van der Waals surface area contributed by atoms with Gasteiger partial charge in [0.05, 0.1) is 25.8 Å².